The van der Waals surface area contributed by atoms with E-state index in [1.54, 1.807) is 18.5 Å². The van der Waals surface area contributed by atoms with E-state index in [-0.39, 0.29) is 0 Å². The molecular weight excluding hydrogens is 230 g/mol. The van der Waals surface area contributed by atoms with E-state index in [0.29, 0.717) is 24.3 Å². The van der Waals surface area contributed by atoms with Crippen LogP contribution in [0.15, 0.2) is 18.5 Å². The summed E-state index contributed by atoms with van der Waals surface area (Å²) in [5, 5.41) is 10.0. The van der Waals surface area contributed by atoms with Crippen molar-refractivity contribution in [2.75, 3.05) is 0 Å². The van der Waals surface area contributed by atoms with Crippen molar-refractivity contribution in [3.63, 3.8) is 0 Å². The van der Waals surface area contributed by atoms with E-state index in [1.807, 2.05) is 6.92 Å². The highest BCUT2D eigenvalue weighted by molar-refractivity contribution is 5.19. The second-order valence-electron chi connectivity index (χ2n) is 4.37. The quantitative estimate of drug-likeness (QED) is 0.842. The molecule has 0 aliphatic rings. The van der Waals surface area contributed by atoms with E-state index in [0.717, 1.165) is 11.4 Å². The molecule has 0 spiro atoms. The fourth-order valence-corrected chi connectivity index (χ4v) is 1.35. The van der Waals surface area contributed by atoms with Crippen LogP contribution in [-0.2, 0) is 6.54 Å². The van der Waals surface area contributed by atoms with Gasteiger partial charge in [0.2, 0.25) is 11.8 Å². The maximum Gasteiger partial charge on any atom is 0.240 e. The monoisotopic (exact) mass is 247 g/mol. The van der Waals surface area contributed by atoms with Gasteiger partial charge in [0.25, 0.3) is 0 Å². The van der Waals surface area contributed by atoms with Crippen LogP contribution in [0.2, 0.25) is 0 Å². The normalized spacial score (nSPS) is 10.9. The summed E-state index contributed by atoms with van der Waals surface area (Å²) < 4.78 is 5.44. The SMILES string of the molecule is Cc1cc(Oc2cnc(CNC(C)C)cn2)n[nH]1. The first kappa shape index (κ1) is 12.5. The molecule has 0 saturated carbocycles. The number of H-pyrrole nitrogens is 1. The Morgan fingerprint density at radius 1 is 1.28 bits per heavy atom. The molecule has 0 unspecified atom stereocenters. The molecule has 2 rings (SSSR count). The molecule has 2 N–H and O–H groups in total. The van der Waals surface area contributed by atoms with E-state index in [1.165, 1.54) is 0 Å². The van der Waals surface area contributed by atoms with E-state index in [2.05, 4.69) is 39.3 Å². The van der Waals surface area contributed by atoms with Crippen molar-refractivity contribution in [2.24, 2.45) is 0 Å². The molecule has 0 amide bonds. The first-order chi connectivity index (χ1) is 8.63. The van der Waals surface area contributed by atoms with Gasteiger partial charge < -0.3 is 10.1 Å². The first-order valence-corrected chi connectivity index (χ1v) is 5.87. The molecule has 18 heavy (non-hydrogen) atoms. The van der Waals surface area contributed by atoms with Crippen molar-refractivity contribution < 1.29 is 4.74 Å². The average molecular weight is 247 g/mol. The Balaban J connectivity index is 1.95. The van der Waals surface area contributed by atoms with Crippen molar-refractivity contribution in [3.8, 4) is 11.8 Å². The minimum Gasteiger partial charge on any atom is -0.417 e. The van der Waals surface area contributed by atoms with Gasteiger partial charge in [0.1, 0.15) is 0 Å². The van der Waals surface area contributed by atoms with Gasteiger partial charge in [-0.3, -0.25) is 10.1 Å². The molecule has 2 aromatic rings. The van der Waals surface area contributed by atoms with Crippen LogP contribution in [0.4, 0.5) is 0 Å². The predicted molar refractivity (Wildman–Crippen MR) is 67.4 cm³/mol. The number of hydrogen-bond acceptors (Lipinski definition) is 5. The molecule has 0 fully saturated rings. The van der Waals surface area contributed by atoms with Crippen LogP contribution in [0.1, 0.15) is 25.2 Å². The molecule has 0 saturated heterocycles. The fourth-order valence-electron chi connectivity index (χ4n) is 1.35. The number of ether oxygens (including phenoxy) is 1. The molecule has 0 aliphatic heterocycles. The number of nitrogens with one attached hydrogen (secondary N) is 2. The number of nitrogens with zero attached hydrogens (tertiary/aromatic N) is 3. The number of aryl methyl sites for hydroxylation is 1. The summed E-state index contributed by atoms with van der Waals surface area (Å²) >= 11 is 0. The second-order valence-corrected chi connectivity index (χ2v) is 4.37. The van der Waals surface area contributed by atoms with Gasteiger partial charge in [-0.15, -0.1) is 5.10 Å². The zero-order valence-electron chi connectivity index (χ0n) is 10.8. The van der Waals surface area contributed by atoms with E-state index < -0.39 is 0 Å². The van der Waals surface area contributed by atoms with Crippen LogP contribution in [-0.4, -0.2) is 26.2 Å². The number of aromatic nitrogens is 4. The smallest absolute Gasteiger partial charge is 0.240 e. The van der Waals surface area contributed by atoms with Gasteiger partial charge in [0.05, 0.1) is 18.1 Å². The lowest BCUT2D eigenvalue weighted by atomic mass is 10.3. The van der Waals surface area contributed by atoms with Crippen LogP contribution in [0.5, 0.6) is 11.8 Å². The maximum absolute atomic E-state index is 5.44. The standard InChI is InChI=1S/C12H17N5O/c1-8(2)13-5-10-6-15-12(7-14-10)18-11-4-9(3)16-17-11/h4,6-8,13H,5H2,1-3H3,(H,16,17). The molecule has 6 heteroatoms. The zero-order valence-corrected chi connectivity index (χ0v) is 10.8. The van der Waals surface area contributed by atoms with Gasteiger partial charge in [-0.05, 0) is 6.92 Å². The molecule has 0 radical (unpaired) electrons. The van der Waals surface area contributed by atoms with Crippen LogP contribution in [0.25, 0.3) is 0 Å². The minimum absolute atomic E-state index is 0.426. The van der Waals surface area contributed by atoms with E-state index in [9.17, 15) is 0 Å². The van der Waals surface area contributed by atoms with Gasteiger partial charge in [-0.25, -0.2) is 4.98 Å². The highest BCUT2D eigenvalue weighted by Crippen LogP contribution is 2.15. The lowest BCUT2D eigenvalue weighted by Gasteiger charge is -2.07. The Hall–Kier alpha value is -1.95. The van der Waals surface area contributed by atoms with Gasteiger partial charge >= 0.3 is 0 Å². The number of aromatic amines is 1. The Bertz CT molecular complexity index is 491. The summed E-state index contributed by atoms with van der Waals surface area (Å²) in [4.78, 5) is 8.45. The summed E-state index contributed by atoms with van der Waals surface area (Å²) in [6.07, 6.45) is 3.30. The maximum atomic E-state index is 5.44. The van der Waals surface area contributed by atoms with Crippen LogP contribution >= 0.6 is 0 Å². The summed E-state index contributed by atoms with van der Waals surface area (Å²) in [7, 11) is 0. The van der Waals surface area contributed by atoms with Gasteiger partial charge in [-0.1, -0.05) is 13.8 Å². The summed E-state index contributed by atoms with van der Waals surface area (Å²) in [6, 6.07) is 2.23. The molecule has 0 aromatic carbocycles. The third-order valence-corrected chi connectivity index (χ3v) is 2.26. The molecule has 6 nitrogen and oxygen atoms in total. The molecule has 0 aliphatic carbocycles. The van der Waals surface area contributed by atoms with E-state index in [4.69, 9.17) is 4.74 Å². The third-order valence-electron chi connectivity index (χ3n) is 2.26. The lowest BCUT2D eigenvalue weighted by Crippen LogP contribution is -2.22. The zero-order chi connectivity index (χ0) is 13.0. The number of hydrogen-bond donors (Lipinski definition) is 2. The third kappa shape index (κ3) is 3.53. The Kier molecular flexibility index (Phi) is 3.88. The largest absolute Gasteiger partial charge is 0.417 e. The van der Waals surface area contributed by atoms with Gasteiger partial charge in [0.15, 0.2) is 0 Å². The van der Waals surface area contributed by atoms with Gasteiger partial charge in [-0.2, -0.15) is 0 Å². The number of rotatable bonds is 5. The predicted octanol–water partition coefficient (Wildman–Crippen LogP) is 1.80. The van der Waals surface area contributed by atoms with Crippen molar-refractivity contribution in [3.05, 3.63) is 29.8 Å². The molecular formula is C12H17N5O. The van der Waals surface area contributed by atoms with Crippen molar-refractivity contribution in [1.29, 1.82) is 0 Å². The highest BCUT2D eigenvalue weighted by Gasteiger charge is 2.03. The van der Waals surface area contributed by atoms with Crippen molar-refractivity contribution in [2.45, 2.75) is 33.4 Å². The summed E-state index contributed by atoms with van der Waals surface area (Å²) in [6.45, 7) is 6.79. The van der Waals surface area contributed by atoms with Crippen molar-refractivity contribution in [1.82, 2.24) is 25.5 Å². The summed E-state index contributed by atoms with van der Waals surface area (Å²) in [5.74, 6) is 0.935. The molecule has 2 heterocycles. The fraction of sp³-hybridized carbons (Fsp3) is 0.417. The van der Waals surface area contributed by atoms with Crippen molar-refractivity contribution >= 4 is 0 Å². The topological polar surface area (TPSA) is 75.7 Å². The second kappa shape index (κ2) is 5.59. The van der Waals surface area contributed by atoms with E-state index >= 15 is 0 Å². The lowest BCUT2D eigenvalue weighted by molar-refractivity contribution is 0.439. The molecule has 2 aromatic heterocycles. The summed E-state index contributed by atoms with van der Waals surface area (Å²) in [5.41, 5.74) is 1.82. The highest BCUT2D eigenvalue weighted by atomic mass is 16.5. The molecule has 0 bridgehead atoms. The Morgan fingerprint density at radius 3 is 2.67 bits per heavy atom. The Labute approximate surface area is 106 Å². The average Bonchev–Trinajstić information content (AvgIpc) is 2.74. The minimum atomic E-state index is 0.426. The molecule has 96 valence electrons. The van der Waals surface area contributed by atoms with Crippen LogP contribution in [0.3, 0.4) is 0 Å². The molecule has 0 atom stereocenters. The Morgan fingerprint density at radius 2 is 2.11 bits per heavy atom. The van der Waals surface area contributed by atoms with Crippen LogP contribution < -0.4 is 10.1 Å². The first-order valence-electron chi connectivity index (χ1n) is 5.87. The van der Waals surface area contributed by atoms with Gasteiger partial charge in [0, 0.05) is 24.3 Å². The van der Waals surface area contributed by atoms with Crippen LogP contribution in [0, 0.1) is 6.92 Å².